The molecule has 0 aliphatic carbocycles. The molecule has 0 saturated carbocycles. The summed E-state index contributed by atoms with van der Waals surface area (Å²) in [5.41, 5.74) is 7.89. The molecule has 3 N–H and O–H groups in total. The summed E-state index contributed by atoms with van der Waals surface area (Å²) in [4.78, 5) is 13.8. The summed E-state index contributed by atoms with van der Waals surface area (Å²) in [5.74, 6) is -0.383. The van der Waals surface area contributed by atoms with Crippen LogP contribution >= 0.6 is 0 Å². The number of carbonyl (C=O) groups is 1. The average Bonchev–Trinajstić information content (AvgIpc) is 2.41. The third-order valence-corrected chi connectivity index (χ3v) is 2.95. The molecule has 0 aromatic heterocycles. The first-order chi connectivity index (χ1) is 10.0. The van der Waals surface area contributed by atoms with Gasteiger partial charge >= 0.3 is 0 Å². The highest BCUT2D eigenvalue weighted by Crippen LogP contribution is 2.12. The fourth-order valence-electron chi connectivity index (χ4n) is 2.02. The number of amides is 1. The van der Waals surface area contributed by atoms with Crippen molar-refractivity contribution in [3.05, 3.63) is 59.9 Å². The predicted molar refractivity (Wildman–Crippen MR) is 82.2 cm³/mol. The molecule has 0 aliphatic heterocycles. The lowest BCUT2D eigenvalue weighted by atomic mass is 10.2. The lowest BCUT2D eigenvalue weighted by Crippen LogP contribution is -2.29. The summed E-state index contributed by atoms with van der Waals surface area (Å²) >= 11 is 0. The quantitative estimate of drug-likeness (QED) is 0.831. The molecule has 0 fully saturated rings. The Bertz CT molecular complexity index is 613. The number of halogens is 1. The second-order valence-corrected chi connectivity index (χ2v) is 4.97. The van der Waals surface area contributed by atoms with Crippen molar-refractivity contribution in [1.29, 1.82) is 0 Å². The van der Waals surface area contributed by atoms with Crippen LogP contribution in [0.2, 0.25) is 0 Å². The van der Waals surface area contributed by atoms with Gasteiger partial charge in [-0.25, -0.2) is 4.39 Å². The third-order valence-electron chi connectivity index (χ3n) is 2.95. The molecule has 2 rings (SSSR count). The first-order valence-corrected chi connectivity index (χ1v) is 6.61. The second kappa shape index (κ2) is 6.85. The van der Waals surface area contributed by atoms with Crippen molar-refractivity contribution in [3.63, 3.8) is 0 Å². The van der Waals surface area contributed by atoms with E-state index in [2.05, 4.69) is 5.32 Å². The van der Waals surface area contributed by atoms with Gasteiger partial charge in [0.15, 0.2) is 0 Å². The van der Waals surface area contributed by atoms with Gasteiger partial charge in [0.1, 0.15) is 5.82 Å². The summed E-state index contributed by atoms with van der Waals surface area (Å²) in [6.07, 6.45) is 0. The van der Waals surface area contributed by atoms with E-state index in [1.165, 1.54) is 12.1 Å². The maximum Gasteiger partial charge on any atom is 0.238 e. The molecule has 0 atom stereocenters. The molecule has 0 heterocycles. The molecule has 21 heavy (non-hydrogen) atoms. The maximum atomic E-state index is 12.8. The predicted octanol–water partition coefficient (Wildman–Crippen LogP) is 2.48. The average molecular weight is 287 g/mol. The van der Waals surface area contributed by atoms with Crippen LogP contribution in [-0.4, -0.2) is 24.4 Å². The van der Waals surface area contributed by atoms with Crippen LogP contribution in [0.15, 0.2) is 48.5 Å². The summed E-state index contributed by atoms with van der Waals surface area (Å²) < 4.78 is 12.8. The Balaban J connectivity index is 1.86. The summed E-state index contributed by atoms with van der Waals surface area (Å²) in [6, 6.07) is 13.3. The molecule has 5 heteroatoms. The minimum Gasteiger partial charge on any atom is -0.399 e. The molecule has 0 bridgehead atoms. The van der Waals surface area contributed by atoms with Crippen LogP contribution in [0, 0.1) is 5.82 Å². The lowest BCUT2D eigenvalue weighted by Gasteiger charge is -2.16. The number of nitrogens with two attached hydrogens (primary N) is 1. The second-order valence-electron chi connectivity index (χ2n) is 4.97. The Kier molecular flexibility index (Phi) is 4.90. The molecule has 110 valence electrons. The number of nitrogens with zero attached hydrogens (tertiary/aromatic N) is 1. The van der Waals surface area contributed by atoms with Crippen molar-refractivity contribution in [2.75, 3.05) is 24.6 Å². The van der Waals surface area contributed by atoms with E-state index in [0.29, 0.717) is 17.9 Å². The van der Waals surface area contributed by atoms with E-state index in [1.807, 2.05) is 11.9 Å². The lowest BCUT2D eigenvalue weighted by molar-refractivity contribution is -0.117. The van der Waals surface area contributed by atoms with Gasteiger partial charge in [-0.1, -0.05) is 18.2 Å². The Morgan fingerprint density at radius 1 is 1.24 bits per heavy atom. The molecule has 0 radical (unpaired) electrons. The van der Waals surface area contributed by atoms with Crippen LogP contribution in [0.25, 0.3) is 0 Å². The highest BCUT2D eigenvalue weighted by Gasteiger charge is 2.08. The Labute approximate surface area is 123 Å². The van der Waals surface area contributed by atoms with Gasteiger partial charge in [-0.2, -0.15) is 0 Å². The van der Waals surface area contributed by atoms with Crippen LogP contribution < -0.4 is 11.1 Å². The summed E-state index contributed by atoms with van der Waals surface area (Å²) in [6.45, 7) is 0.816. The Morgan fingerprint density at radius 2 is 1.95 bits per heavy atom. The van der Waals surface area contributed by atoms with E-state index in [0.717, 1.165) is 5.56 Å². The normalized spacial score (nSPS) is 10.6. The van der Waals surface area contributed by atoms with Crippen molar-refractivity contribution in [1.82, 2.24) is 4.90 Å². The minimum absolute atomic E-state index is 0.120. The molecule has 1 amide bonds. The van der Waals surface area contributed by atoms with E-state index < -0.39 is 0 Å². The van der Waals surface area contributed by atoms with Crippen LogP contribution in [0.1, 0.15) is 5.56 Å². The maximum absolute atomic E-state index is 12.8. The summed E-state index contributed by atoms with van der Waals surface area (Å²) in [7, 11) is 1.84. The van der Waals surface area contributed by atoms with Crippen molar-refractivity contribution in [3.8, 4) is 0 Å². The first-order valence-electron chi connectivity index (χ1n) is 6.61. The largest absolute Gasteiger partial charge is 0.399 e. The van der Waals surface area contributed by atoms with Gasteiger partial charge in [0.05, 0.1) is 6.54 Å². The smallest absolute Gasteiger partial charge is 0.238 e. The number of hydrogen-bond acceptors (Lipinski definition) is 3. The van der Waals surface area contributed by atoms with Crippen molar-refractivity contribution < 1.29 is 9.18 Å². The molecule has 2 aromatic rings. The molecular formula is C16H18FN3O. The van der Waals surface area contributed by atoms with Crippen molar-refractivity contribution >= 4 is 17.3 Å². The standard InChI is InChI=1S/C16H18FN3O/c1-20(10-12-5-7-13(17)8-6-12)11-16(21)19-15-4-2-3-14(18)9-15/h2-9H,10-11,18H2,1H3,(H,19,21). The van der Waals surface area contributed by atoms with Gasteiger partial charge in [-0.3, -0.25) is 9.69 Å². The number of nitrogen functional groups attached to an aromatic ring is 1. The van der Waals surface area contributed by atoms with Crippen LogP contribution in [-0.2, 0) is 11.3 Å². The van der Waals surface area contributed by atoms with Crippen LogP contribution in [0.5, 0.6) is 0 Å². The van der Waals surface area contributed by atoms with Gasteiger partial charge in [0, 0.05) is 17.9 Å². The third kappa shape index (κ3) is 4.89. The van der Waals surface area contributed by atoms with Gasteiger partial charge in [0.25, 0.3) is 0 Å². The fraction of sp³-hybridized carbons (Fsp3) is 0.188. The zero-order valence-corrected chi connectivity index (χ0v) is 11.8. The van der Waals surface area contributed by atoms with E-state index >= 15 is 0 Å². The number of rotatable bonds is 5. The molecule has 4 nitrogen and oxygen atoms in total. The number of benzene rings is 2. The number of anilines is 2. The number of likely N-dealkylation sites (N-methyl/N-ethyl adjacent to an activating group) is 1. The van der Waals surface area contributed by atoms with Crippen LogP contribution in [0.4, 0.5) is 15.8 Å². The van der Waals surface area contributed by atoms with Crippen molar-refractivity contribution in [2.24, 2.45) is 0 Å². The van der Waals surface area contributed by atoms with E-state index in [-0.39, 0.29) is 18.3 Å². The molecule has 0 unspecified atom stereocenters. The molecule has 0 spiro atoms. The highest BCUT2D eigenvalue weighted by molar-refractivity contribution is 5.92. The fourth-order valence-corrected chi connectivity index (χ4v) is 2.02. The monoisotopic (exact) mass is 287 g/mol. The van der Waals surface area contributed by atoms with Crippen molar-refractivity contribution in [2.45, 2.75) is 6.54 Å². The SMILES string of the molecule is CN(CC(=O)Nc1cccc(N)c1)Cc1ccc(F)cc1. The van der Waals surface area contributed by atoms with E-state index in [1.54, 1.807) is 36.4 Å². The molecule has 0 aliphatic rings. The van der Waals surface area contributed by atoms with E-state index in [9.17, 15) is 9.18 Å². The molecule has 2 aromatic carbocycles. The highest BCUT2D eigenvalue weighted by atomic mass is 19.1. The zero-order chi connectivity index (χ0) is 15.2. The first kappa shape index (κ1) is 15.0. The minimum atomic E-state index is -0.263. The Morgan fingerprint density at radius 3 is 2.62 bits per heavy atom. The zero-order valence-electron chi connectivity index (χ0n) is 11.8. The van der Waals surface area contributed by atoms with Gasteiger partial charge in [-0.15, -0.1) is 0 Å². The van der Waals surface area contributed by atoms with Crippen LogP contribution in [0.3, 0.4) is 0 Å². The summed E-state index contributed by atoms with van der Waals surface area (Å²) in [5, 5.41) is 2.79. The van der Waals surface area contributed by atoms with Gasteiger partial charge in [0.2, 0.25) is 5.91 Å². The topological polar surface area (TPSA) is 58.4 Å². The number of hydrogen-bond donors (Lipinski definition) is 2. The van der Waals surface area contributed by atoms with Gasteiger partial charge < -0.3 is 11.1 Å². The van der Waals surface area contributed by atoms with E-state index in [4.69, 9.17) is 5.73 Å². The number of nitrogens with one attached hydrogen (secondary N) is 1. The number of carbonyl (C=O) groups excluding carboxylic acids is 1. The molecule has 0 saturated heterocycles. The molecular weight excluding hydrogens is 269 g/mol. The van der Waals surface area contributed by atoms with Gasteiger partial charge in [-0.05, 0) is 42.9 Å². The Hall–Kier alpha value is -2.40.